The van der Waals surface area contributed by atoms with E-state index in [4.69, 9.17) is 4.74 Å². The molecule has 2 heterocycles. The molecule has 0 saturated carbocycles. The number of carbonyl (C=O) groups excluding carboxylic acids is 1. The first-order valence-corrected chi connectivity index (χ1v) is 12.0. The minimum absolute atomic E-state index is 0.0908. The summed E-state index contributed by atoms with van der Waals surface area (Å²) >= 11 is 0. The maximum absolute atomic E-state index is 12.7. The molecule has 1 amide bonds. The lowest BCUT2D eigenvalue weighted by atomic mass is 10.0. The largest absolute Gasteiger partial charge is 0.510 e. The summed E-state index contributed by atoms with van der Waals surface area (Å²) in [7, 11) is 0. The average molecular weight is 478 g/mol. The fourth-order valence-corrected chi connectivity index (χ4v) is 4.50. The zero-order chi connectivity index (χ0) is 24.9. The summed E-state index contributed by atoms with van der Waals surface area (Å²) in [4.78, 5) is 15.1. The molecule has 2 aliphatic rings. The molecule has 2 aromatic rings. The molecule has 1 unspecified atom stereocenters. The van der Waals surface area contributed by atoms with Crippen molar-refractivity contribution in [2.24, 2.45) is 0 Å². The maximum atomic E-state index is 12.7. The Morgan fingerprint density at radius 2 is 1.89 bits per heavy atom. The molecule has 4 N–H and O–H groups in total. The quantitative estimate of drug-likeness (QED) is 0.385. The Hall–Kier alpha value is -3.38. The summed E-state index contributed by atoms with van der Waals surface area (Å²) in [5.74, 6) is -0.810. The molecule has 0 bridgehead atoms. The molecule has 2 aromatic carbocycles. The summed E-state index contributed by atoms with van der Waals surface area (Å²) in [5.41, 5.74) is 1.84. The lowest BCUT2D eigenvalue weighted by molar-refractivity contribution is -0.120. The number of benzene rings is 2. The number of ether oxygens (including phenoxy) is 1. The Kier molecular flexibility index (Phi) is 7.71. The van der Waals surface area contributed by atoms with Crippen molar-refractivity contribution in [1.29, 1.82) is 5.26 Å². The second-order valence-corrected chi connectivity index (χ2v) is 9.11. The van der Waals surface area contributed by atoms with Crippen molar-refractivity contribution >= 4 is 28.4 Å². The number of aliphatic hydroxyl groups is 3. The van der Waals surface area contributed by atoms with Crippen molar-refractivity contribution in [3.63, 3.8) is 0 Å². The van der Waals surface area contributed by atoms with E-state index in [0.29, 0.717) is 0 Å². The van der Waals surface area contributed by atoms with Gasteiger partial charge in [-0.3, -0.25) is 4.79 Å². The predicted molar refractivity (Wildman–Crippen MR) is 134 cm³/mol. The van der Waals surface area contributed by atoms with Crippen LogP contribution in [0.4, 0.5) is 5.69 Å². The minimum atomic E-state index is -1.34. The molecule has 0 aromatic heterocycles. The Morgan fingerprint density at radius 3 is 2.63 bits per heavy atom. The number of hydrogen-bond donors (Lipinski definition) is 4. The summed E-state index contributed by atoms with van der Waals surface area (Å²) in [5, 5.41) is 44.3. The number of anilines is 1. The molecule has 0 aliphatic carbocycles. The van der Waals surface area contributed by atoms with Crippen LogP contribution in [0.3, 0.4) is 0 Å². The van der Waals surface area contributed by atoms with E-state index in [1.54, 1.807) is 6.92 Å². The smallest absolute Gasteiger partial charge is 0.262 e. The van der Waals surface area contributed by atoms with E-state index in [2.05, 4.69) is 28.4 Å². The number of nitrogens with one attached hydrogen (secondary N) is 1. The number of piperidine rings is 1. The molecule has 8 nitrogen and oxygen atoms in total. The number of nitriles is 1. The van der Waals surface area contributed by atoms with Crippen molar-refractivity contribution in [2.75, 3.05) is 24.5 Å². The molecule has 8 heteroatoms. The normalized spacial score (nSPS) is 25.5. The third-order valence-electron chi connectivity index (χ3n) is 6.58. The van der Waals surface area contributed by atoms with Crippen molar-refractivity contribution < 1.29 is 24.9 Å². The first kappa shape index (κ1) is 24.7. The number of fused-ring (bicyclic) bond motifs is 1. The molecule has 1 fully saturated rings. The van der Waals surface area contributed by atoms with Gasteiger partial charge in [-0.05, 0) is 72.9 Å². The fraction of sp³-hybridized carbons (Fsp3) is 0.407. The molecule has 1 saturated heterocycles. The molecule has 184 valence electrons. The number of aliphatic hydroxyl groups excluding tert-OH is 3. The van der Waals surface area contributed by atoms with Crippen molar-refractivity contribution in [3.05, 3.63) is 59.4 Å². The predicted octanol–water partition coefficient (Wildman–Crippen LogP) is 2.80. The molecule has 0 spiro atoms. The number of amides is 1. The van der Waals surface area contributed by atoms with Gasteiger partial charge >= 0.3 is 0 Å². The van der Waals surface area contributed by atoms with Gasteiger partial charge in [-0.1, -0.05) is 18.2 Å². The van der Waals surface area contributed by atoms with Gasteiger partial charge in [0.2, 0.25) is 0 Å². The van der Waals surface area contributed by atoms with Gasteiger partial charge in [-0.15, -0.1) is 0 Å². The highest BCUT2D eigenvalue weighted by atomic mass is 16.5. The molecule has 4 atom stereocenters. The highest BCUT2D eigenvalue weighted by Gasteiger charge is 2.32. The highest BCUT2D eigenvalue weighted by Crippen LogP contribution is 2.26. The Labute approximate surface area is 204 Å². The average Bonchev–Trinajstić information content (AvgIpc) is 2.97. The van der Waals surface area contributed by atoms with E-state index in [9.17, 15) is 25.4 Å². The van der Waals surface area contributed by atoms with Gasteiger partial charge in [-0.25, -0.2) is 0 Å². The van der Waals surface area contributed by atoms with E-state index in [1.165, 1.54) is 31.0 Å². The molecule has 0 radical (unpaired) electrons. The minimum Gasteiger partial charge on any atom is -0.510 e. The van der Waals surface area contributed by atoms with Crippen molar-refractivity contribution in [1.82, 2.24) is 5.32 Å². The lowest BCUT2D eigenvalue weighted by Crippen LogP contribution is -2.45. The number of rotatable bonds is 5. The summed E-state index contributed by atoms with van der Waals surface area (Å²) in [6, 6.07) is 14.1. The summed E-state index contributed by atoms with van der Waals surface area (Å²) < 4.78 is 5.54. The first-order chi connectivity index (χ1) is 16.9. The fourth-order valence-electron chi connectivity index (χ4n) is 4.50. The van der Waals surface area contributed by atoms with Crippen molar-refractivity contribution in [2.45, 2.75) is 50.6 Å². The topological polar surface area (TPSA) is 126 Å². The van der Waals surface area contributed by atoms with Crippen molar-refractivity contribution in [3.8, 4) is 6.07 Å². The van der Waals surface area contributed by atoms with Gasteiger partial charge in [0.15, 0.2) is 0 Å². The van der Waals surface area contributed by atoms with E-state index in [0.717, 1.165) is 35.5 Å². The van der Waals surface area contributed by atoms with Crippen LogP contribution >= 0.6 is 0 Å². The summed E-state index contributed by atoms with van der Waals surface area (Å²) in [6.45, 7) is 3.58. The van der Waals surface area contributed by atoms with Gasteiger partial charge in [0.25, 0.3) is 5.91 Å². The monoisotopic (exact) mass is 477 g/mol. The molecule has 35 heavy (non-hydrogen) atoms. The van der Waals surface area contributed by atoms with Crippen LogP contribution in [0.2, 0.25) is 0 Å². The van der Waals surface area contributed by atoms with Gasteiger partial charge in [0.05, 0.1) is 0 Å². The SMILES string of the molecule is CC1O[C@H](CNC(=O)/C(C#N)=C/c2ccc3cc(N4CCCCC4)ccc3c2)[C@@H](O)[C@H](O)C=C1O. The third-order valence-corrected chi connectivity index (χ3v) is 6.58. The second-order valence-electron chi connectivity index (χ2n) is 9.11. The first-order valence-electron chi connectivity index (χ1n) is 12.0. The van der Waals surface area contributed by atoms with E-state index >= 15 is 0 Å². The van der Waals surface area contributed by atoms with Crippen LogP contribution in [0.1, 0.15) is 31.7 Å². The van der Waals surface area contributed by atoms with Gasteiger partial charge in [0.1, 0.15) is 41.8 Å². The van der Waals surface area contributed by atoms with Crippen LogP contribution in [0, 0.1) is 11.3 Å². The van der Waals surface area contributed by atoms with E-state index in [-0.39, 0.29) is 17.9 Å². The zero-order valence-electron chi connectivity index (χ0n) is 19.7. The lowest BCUT2D eigenvalue weighted by Gasteiger charge is -2.29. The Morgan fingerprint density at radius 1 is 1.17 bits per heavy atom. The van der Waals surface area contributed by atoms with Gasteiger partial charge in [0, 0.05) is 25.3 Å². The van der Waals surface area contributed by atoms with Gasteiger partial charge in [-0.2, -0.15) is 5.26 Å². The van der Waals surface area contributed by atoms with Crippen LogP contribution in [0.5, 0.6) is 0 Å². The van der Waals surface area contributed by atoms with Crippen LogP contribution in [0.25, 0.3) is 16.8 Å². The van der Waals surface area contributed by atoms with Crippen LogP contribution in [-0.2, 0) is 9.53 Å². The Balaban J connectivity index is 1.45. The maximum Gasteiger partial charge on any atom is 0.262 e. The number of hydrogen-bond acceptors (Lipinski definition) is 7. The van der Waals surface area contributed by atoms with Gasteiger partial charge < -0.3 is 30.3 Å². The highest BCUT2D eigenvalue weighted by molar-refractivity contribution is 6.02. The van der Waals surface area contributed by atoms with E-state index in [1.807, 2.05) is 24.3 Å². The standard InChI is InChI=1S/C27H31N3O5/c1-17-23(31)14-24(32)26(33)25(35-17)16-29-27(34)21(15-28)12-18-5-6-20-13-22(8-7-19(20)11-18)30-9-3-2-4-10-30/h5-8,11-14,17,24-26,31-33H,2-4,9-10,16H2,1H3,(H,29,34)/b21-12+/t17?,24-,25-,26+/m1/s1. The molecular weight excluding hydrogens is 446 g/mol. The number of carbonyl (C=O) groups is 1. The van der Waals surface area contributed by atoms with Crippen LogP contribution in [-0.4, -0.2) is 65.3 Å². The Bertz CT molecular complexity index is 1180. The second kappa shape index (κ2) is 10.9. The van der Waals surface area contributed by atoms with E-state index < -0.39 is 30.3 Å². The molecule has 4 rings (SSSR count). The molecule has 2 aliphatic heterocycles. The molecular formula is C27H31N3O5. The van der Waals surface area contributed by atoms with Crippen LogP contribution in [0.15, 0.2) is 53.8 Å². The third kappa shape index (κ3) is 5.82. The zero-order valence-corrected chi connectivity index (χ0v) is 19.7. The number of nitrogens with zero attached hydrogens (tertiary/aromatic N) is 2. The van der Waals surface area contributed by atoms with Crippen LogP contribution < -0.4 is 10.2 Å². The summed E-state index contributed by atoms with van der Waals surface area (Å²) in [6.07, 6.45) is 1.97.